The monoisotopic (exact) mass is 286 g/mol. The standard InChI is InChI=1S/C19H30N2/c1-13(2)15-4-5-16(11-21-17-6-7-17)18(10-15)19-12-20-9-8-14(19)3/h8-9,12-13,15-18,21H,4-7,10-11H2,1-3H3. The van der Waals surface area contributed by atoms with Gasteiger partial charge in [-0.25, -0.2) is 0 Å². The number of nitrogens with zero attached hydrogens (tertiary/aromatic N) is 1. The molecule has 0 aromatic carbocycles. The summed E-state index contributed by atoms with van der Waals surface area (Å²) in [5.41, 5.74) is 2.93. The summed E-state index contributed by atoms with van der Waals surface area (Å²) in [6.07, 6.45) is 11.0. The predicted octanol–water partition coefficient (Wildman–Crippen LogP) is 4.30. The molecule has 0 aliphatic heterocycles. The molecule has 2 heteroatoms. The molecule has 2 fully saturated rings. The third-order valence-corrected chi connectivity index (χ3v) is 5.70. The number of aromatic nitrogens is 1. The molecule has 116 valence electrons. The van der Waals surface area contributed by atoms with E-state index in [0.717, 1.165) is 23.8 Å². The second-order valence-corrected chi connectivity index (χ2v) is 7.60. The van der Waals surface area contributed by atoms with Gasteiger partial charge in [-0.3, -0.25) is 4.98 Å². The average molecular weight is 286 g/mol. The lowest BCUT2D eigenvalue weighted by molar-refractivity contribution is 0.189. The SMILES string of the molecule is Cc1ccncc1C1CC(C(C)C)CCC1CNC1CC1. The van der Waals surface area contributed by atoms with Gasteiger partial charge in [0.25, 0.3) is 0 Å². The summed E-state index contributed by atoms with van der Waals surface area (Å²) in [4.78, 5) is 4.41. The quantitative estimate of drug-likeness (QED) is 0.873. The molecule has 2 aliphatic carbocycles. The smallest absolute Gasteiger partial charge is 0.0305 e. The van der Waals surface area contributed by atoms with E-state index in [-0.39, 0.29) is 0 Å². The molecule has 21 heavy (non-hydrogen) atoms. The van der Waals surface area contributed by atoms with Gasteiger partial charge in [0.05, 0.1) is 0 Å². The van der Waals surface area contributed by atoms with E-state index in [1.165, 1.54) is 49.8 Å². The molecule has 3 atom stereocenters. The molecule has 1 aromatic rings. The molecule has 0 radical (unpaired) electrons. The number of rotatable bonds is 5. The van der Waals surface area contributed by atoms with Gasteiger partial charge in [-0.05, 0) is 86.4 Å². The fourth-order valence-electron chi connectivity index (χ4n) is 3.97. The summed E-state index contributed by atoms with van der Waals surface area (Å²) in [7, 11) is 0. The third-order valence-electron chi connectivity index (χ3n) is 5.70. The molecule has 3 unspecified atom stereocenters. The molecule has 1 heterocycles. The van der Waals surface area contributed by atoms with Crippen molar-refractivity contribution in [1.82, 2.24) is 10.3 Å². The Hall–Kier alpha value is -0.890. The lowest BCUT2D eigenvalue weighted by atomic mass is 9.68. The van der Waals surface area contributed by atoms with E-state index in [9.17, 15) is 0 Å². The van der Waals surface area contributed by atoms with Crippen molar-refractivity contribution < 1.29 is 0 Å². The Balaban J connectivity index is 1.76. The minimum Gasteiger partial charge on any atom is -0.314 e. The fourth-order valence-corrected chi connectivity index (χ4v) is 3.97. The van der Waals surface area contributed by atoms with Crippen molar-refractivity contribution in [2.45, 2.75) is 64.8 Å². The zero-order valence-corrected chi connectivity index (χ0v) is 13.8. The van der Waals surface area contributed by atoms with E-state index < -0.39 is 0 Å². The molecule has 0 saturated heterocycles. The predicted molar refractivity (Wildman–Crippen MR) is 88.4 cm³/mol. The van der Waals surface area contributed by atoms with Crippen LogP contribution in [-0.4, -0.2) is 17.6 Å². The Morgan fingerprint density at radius 2 is 2.05 bits per heavy atom. The lowest BCUT2D eigenvalue weighted by Crippen LogP contribution is -2.34. The molecular formula is C19H30N2. The zero-order chi connectivity index (χ0) is 14.8. The van der Waals surface area contributed by atoms with Gasteiger partial charge < -0.3 is 5.32 Å². The van der Waals surface area contributed by atoms with Crippen molar-refractivity contribution in [2.24, 2.45) is 17.8 Å². The van der Waals surface area contributed by atoms with Gasteiger partial charge in [0, 0.05) is 18.4 Å². The highest BCUT2D eigenvalue weighted by atomic mass is 14.9. The van der Waals surface area contributed by atoms with Crippen molar-refractivity contribution in [3.8, 4) is 0 Å². The van der Waals surface area contributed by atoms with Gasteiger partial charge in [0.2, 0.25) is 0 Å². The molecule has 2 nitrogen and oxygen atoms in total. The Morgan fingerprint density at radius 1 is 1.24 bits per heavy atom. The average Bonchev–Trinajstić information content (AvgIpc) is 3.30. The number of hydrogen-bond acceptors (Lipinski definition) is 2. The van der Waals surface area contributed by atoms with Crippen LogP contribution in [0.2, 0.25) is 0 Å². The summed E-state index contributed by atoms with van der Waals surface area (Å²) >= 11 is 0. The van der Waals surface area contributed by atoms with Crippen molar-refractivity contribution >= 4 is 0 Å². The summed E-state index contributed by atoms with van der Waals surface area (Å²) in [6.45, 7) is 8.23. The zero-order valence-electron chi connectivity index (χ0n) is 13.8. The van der Waals surface area contributed by atoms with Crippen molar-refractivity contribution in [3.63, 3.8) is 0 Å². The normalized spacial score (nSPS) is 29.8. The first kappa shape index (κ1) is 15.0. The van der Waals surface area contributed by atoms with E-state index in [0.29, 0.717) is 5.92 Å². The Kier molecular flexibility index (Phi) is 4.63. The van der Waals surface area contributed by atoms with Crippen LogP contribution >= 0.6 is 0 Å². The molecule has 1 aromatic heterocycles. The van der Waals surface area contributed by atoms with Crippen LogP contribution in [0.3, 0.4) is 0 Å². The van der Waals surface area contributed by atoms with Crippen LogP contribution < -0.4 is 5.32 Å². The Bertz CT molecular complexity index is 464. The summed E-state index contributed by atoms with van der Waals surface area (Å²) in [5, 5.41) is 3.77. The maximum absolute atomic E-state index is 4.41. The highest BCUT2D eigenvalue weighted by molar-refractivity contribution is 5.27. The van der Waals surface area contributed by atoms with E-state index >= 15 is 0 Å². The van der Waals surface area contributed by atoms with Crippen LogP contribution in [0.5, 0.6) is 0 Å². The van der Waals surface area contributed by atoms with Gasteiger partial charge in [-0.1, -0.05) is 13.8 Å². The molecule has 2 saturated carbocycles. The van der Waals surface area contributed by atoms with E-state index in [1.54, 1.807) is 0 Å². The third kappa shape index (κ3) is 3.66. The van der Waals surface area contributed by atoms with Gasteiger partial charge in [-0.15, -0.1) is 0 Å². The number of aryl methyl sites for hydroxylation is 1. The summed E-state index contributed by atoms with van der Waals surface area (Å²) in [5.74, 6) is 3.18. The first-order chi connectivity index (χ1) is 10.1. The first-order valence-corrected chi connectivity index (χ1v) is 8.79. The van der Waals surface area contributed by atoms with Gasteiger partial charge >= 0.3 is 0 Å². The minimum absolute atomic E-state index is 0.700. The van der Waals surface area contributed by atoms with Gasteiger partial charge in [0.1, 0.15) is 0 Å². The molecule has 2 aliphatic rings. The topological polar surface area (TPSA) is 24.9 Å². The van der Waals surface area contributed by atoms with Crippen LogP contribution in [0.25, 0.3) is 0 Å². The molecule has 1 N–H and O–H groups in total. The van der Waals surface area contributed by atoms with Crippen molar-refractivity contribution in [1.29, 1.82) is 0 Å². The van der Waals surface area contributed by atoms with Crippen LogP contribution in [-0.2, 0) is 0 Å². The van der Waals surface area contributed by atoms with Crippen LogP contribution in [0.4, 0.5) is 0 Å². The molecule has 3 rings (SSSR count). The number of hydrogen-bond donors (Lipinski definition) is 1. The largest absolute Gasteiger partial charge is 0.314 e. The molecule has 0 bridgehead atoms. The van der Waals surface area contributed by atoms with E-state index in [2.05, 4.69) is 43.3 Å². The number of pyridine rings is 1. The second kappa shape index (κ2) is 6.48. The Morgan fingerprint density at radius 3 is 2.71 bits per heavy atom. The van der Waals surface area contributed by atoms with Crippen LogP contribution in [0.15, 0.2) is 18.5 Å². The van der Waals surface area contributed by atoms with Gasteiger partial charge in [-0.2, -0.15) is 0 Å². The second-order valence-electron chi connectivity index (χ2n) is 7.60. The maximum atomic E-state index is 4.41. The fraction of sp³-hybridized carbons (Fsp3) is 0.737. The van der Waals surface area contributed by atoms with Gasteiger partial charge in [0.15, 0.2) is 0 Å². The molecular weight excluding hydrogens is 256 g/mol. The van der Waals surface area contributed by atoms with Crippen LogP contribution in [0.1, 0.15) is 63.0 Å². The highest BCUT2D eigenvalue weighted by Gasteiger charge is 2.34. The van der Waals surface area contributed by atoms with Crippen LogP contribution in [0, 0.1) is 24.7 Å². The molecule has 0 spiro atoms. The summed E-state index contributed by atoms with van der Waals surface area (Å²) in [6, 6.07) is 3.00. The van der Waals surface area contributed by atoms with Crippen molar-refractivity contribution in [2.75, 3.05) is 6.54 Å². The Labute approximate surface area is 129 Å². The summed E-state index contributed by atoms with van der Waals surface area (Å²) < 4.78 is 0. The first-order valence-electron chi connectivity index (χ1n) is 8.79. The van der Waals surface area contributed by atoms with E-state index in [1.807, 2.05) is 6.20 Å². The number of nitrogens with one attached hydrogen (secondary N) is 1. The maximum Gasteiger partial charge on any atom is 0.0305 e. The molecule has 0 amide bonds. The minimum atomic E-state index is 0.700. The lowest BCUT2D eigenvalue weighted by Gasteiger charge is -2.39. The highest BCUT2D eigenvalue weighted by Crippen LogP contribution is 2.43. The van der Waals surface area contributed by atoms with Crippen molar-refractivity contribution in [3.05, 3.63) is 29.6 Å². The van der Waals surface area contributed by atoms with E-state index in [4.69, 9.17) is 0 Å².